The summed E-state index contributed by atoms with van der Waals surface area (Å²) < 4.78 is 13.1. The topological polar surface area (TPSA) is 15.3 Å². The molecular weight excluding hydrogens is 239 g/mol. The van der Waals surface area contributed by atoms with E-state index in [1.165, 1.54) is 12.5 Å². The zero-order chi connectivity index (χ0) is 13.7. The summed E-state index contributed by atoms with van der Waals surface area (Å²) in [5.74, 6) is 0.608. The minimum atomic E-state index is -0.129. The van der Waals surface area contributed by atoms with Crippen LogP contribution >= 0.6 is 0 Å². The van der Waals surface area contributed by atoms with Gasteiger partial charge in [0.05, 0.1) is 0 Å². The van der Waals surface area contributed by atoms with Crippen LogP contribution in [-0.2, 0) is 6.42 Å². The fourth-order valence-electron chi connectivity index (χ4n) is 2.80. The molecule has 2 nitrogen and oxygen atoms in total. The lowest BCUT2D eigenvalue weighted by Gasteiger charge is -2.34. The summed E-state index contributed by atoms with van der Waals surface area (Å²) in [7, 11) is 0. The smallest absolute Gasteiger partial charge is 0.123 e. The first-order chi connectivity index (χ1) is 9.13. The summed E-state index contributed by atoms with van der Waals surface area (Å²) in [6.45, 7) is 8.86. The molecule has 1 aromatic rings. The number of hydrogen-bond donors (Lipinski definition) is 1. The van der Waals surface area contributed by atoms with Crippen LogP contribution in [0.5, 0.6) is 0 Å². The van der Waals surface area contributed by atoms with Gasteiger partial charge in [-0.05, 0) is 36.5 Å². The molecule has 1 aliphatic heterocycles. The number of rotatable bonds is 5. The van der Waals surface area contributed by atoms with Crippen LogP contribution in [-0.4, -0.2) is 37.1 Å². The van der Waals surface area contributed by atoms with Gasteiger partial charge in [0.2, 0.25) is 0 Å². The van der Waals surface area contributed by atoms with E-state index in [0.717, 1.165) is 44.1 Å². The van der Waals surface area contributed by atoms with Gasteiger partial charge in [-0.2, -0.15) is 0 Å². The fourth-order valence-corrected chi connectivity index (χ4v) is 2.80. The largest absolute Gasteiger partial charge is 0.311 e. The first-order valence-electron chi connectivity index (χ1n) is 7.33. The number of halogens is 1. The molecule has 0 spiro atoms. The SMILES string of the molecule is CC(C)CC1CN(CCc2cccc(F)c2)CCN1. The molecule has 0 aromatic heterocycles. The van der Waals surface area contributed by atoms with Crippen LogP contribution in [0.2, 0.25) is 0 Å². The summed E-state index contributed by atoms with van der Waals surface area (Å²) >= 11 is 0. The zero-order valence-electron chi connectivity index (χ0n) is 12.0. The Morgan fingerprint density at radius 3 is 3.00 bits per heavy atom. The van der Waals surface area contributed by atoms with Crippen molar-refractivity contribution in [3.63, 3.8) is 0 Å². The Kier molecular flexibility index (Phi) is 5.34. The molecule has 1 unspecified atom stereocenters. The Morgan fingerprint density at radius 1 is 1.42 bits per heavy atom. The molecule has 1 aromatic carbocycles. The van der Waals surface area contributed by atoms with Gasteiger partial charge in [-0.1, -0.05) is 26.0 Å². The molecule has 1 fully saturated rings. The first kappa shape index (κ1) is 14.5. The second-order valence-corrected chi connectivity index (χ2v) is 5.96. The van der Waals surface area contributed by atoms with E-state index in [1.54, 1.807) is 12.1 Å². The minimum Gasteiger partial charge on any atom is -0.311 e. The van der Waals surface area contributed by atoms with Crippen LogP contribution in [0.15, 0.2) is 24.3 Å². The Bertz CT molecular complexity index is 392. The van der Waals surface area contributed by atoms with Crippen molar-refractivity contribution in [2.75, 3.05) is 26.2 Å². The monoisotopic (exact) mass is 264 g/mol. The maximum atomic E-state index is 13.1. The van der Waals surface area contributed by atoms with E-state index in [1.807, 2.05) is 6.07 Å². The molecule has 3 heteroatoms. The van der Waals surface area contributed by atoms with Crippen molar-refractivity contribution in [2.45, 2.75) is 32.7 Å². The lowest BCUT2D eigenvalue weighted by atomic mass is 10.0. The van der Waals surface area contributed by atoms with Gasteiger partial charge >= 0.3 is 0 Å². The van der Waals surface area contributed by atoms with Crippen molar-refractivity contribution in [1.29, 1.82) is 0 Å². The van der Waals surface area contributed by atoms with Crippen LogP contribution in [0.4, 0.5) is 4.39 Å². The van der Waals surface area contributed by atoms with E-state index < -0.39 is 0 Å². The maximum Gasteiger partial charge on any atom is 0.123 e. The third kappa shape index (κ3) is 4.92. The summed E-state index contributed by atoms with van der Waals surface area (Å²) in [4.78, 5) is 2.49. The highest BCUT2D eigenvalue weighted by Crippen LogP contribution is 2.11. The molecule has 1 saturated heterocycles. The molecule has 1 aliphatic rings. The quantitative estimate of drug-likeness (QED) is 0.879. The fraction of sp³-hybridized carbons (Fsp3) is 0.625. The number of hydrogen-bond acceptors (Lipinski definition) is 2. The van der Waals surface area contributed by atoms with Gasteiger partial charge in [-0.25, -0.2) is 4.39 Å². The molecule has 1 N–H and O–H groups in total. The van der Waals surface area contributed by atoms with E-state index in [2.05, 4.69) is 24.1 Å². The van der Waals surface area contributed by atoms with E-state index in [4.69, 9.17) is 0 Å². The maximum absolute atomic E-state index is 13.1. The van der Waals surface area contributed by atoms with Gasteiger partial charge in [0.15, 0.2) is 0 Å². The van der Waals surface area contributed by atoms with E-state index in [9.17, 15) is 4.39 Å². The van der Waals surface area contributed by atoms with Crippen LogP contribution in [0.25, 0.3) is 0 Å². The van der Waals surface area contributed by atoms with Crippen molar-refractivity contribution in [3.05, 3.63) is 35.6 Å². The Morgan fingerprint density at radius 2 is 2.26 bits per heavy atom. The van der Waals surface area contributed by atoms with Crippen molar-refractivity contribution < 1.29 is 4.39 Å². The van der Waals surface area contributed by atoms with Crippen molar-refractivity contribution in [3.8, 4) is 0 Å². The van der Waals surface area contributed by atoms with Crippen LogP contribution in [0.3, 0.4) is 0 Å². The average molecular weight is 264 g/mol. The highest BCUT2D eigenvalue weighted by Gasteiger charge is 2.19. The molecule has 0 amide bonds. The molecule has 1 atom stereocenters. The number of nitrogens with one attached hydrogen (secondary N) is 1. The Balaban J connectivity index is 1.79. The Labute approximate surface area is 116 Å². The third-order valence-corrected chi connectivity index (χ3v) is 3.70. The predicted octanol–water partition coefficient (Wildman–Crippen LogP) is 2.69. The lowest BCUT2D eigenvalue weighted by molar-refractivity contribution is 0.188. The van der Waals surface area contributed by atoms with Crippen LogP contribution < -0.4 is 5.32 Å². The summed E-state index contributed by atoms with van der Waals surface area (Å²) in [6, 6.07) is 7.57. The standard InChI is InChI=1S/C16H25FN2/c1-13(2)10-16-12-19(9-7-18-16)8-6-14-4-3-5-15(17)11-14/h3-5,11,13,16,18H,6-10,12H2,1-2H3. The minimum absolute atomic E-state index is 0.129. The number of piperazine rings is 1. The molecule has 0 saturated carbocycles. The van der Waals surface area contributed by atoms with Gasteiger partial charge in [0, 0.05) is 32.2 Å². The molecule has 106 valence electrons. The molecule has 2 rings (SSSR count). The van der Waals surface area contributed by atoms with Gasteiger partial charge in [-0.3, -0.25) is 0 Å². The van der Waals surface area contributed by atoms with Gasteiger partial charge in [-0.15, -0.1) is 0 Å². The van der Waals surface area contributed by atoms with E-state index in [0.29, 0.717) is 6.04 Å². The van der Waals surface area contributed by atoms with Crippen molar-refractivity contribution in [1.82, 2.24) is 10.2 Å². The number of nitrogens with zero attached hydrogens (tertiary/aromatic N) is 1. The second kappa shape index (κ2) is 7.01. The third-order valence-electron chi connectivity index (χ3n) is 3.70. The molecule has 1 heterocycles. The number of benzene rings is 1. The second-order valence-electron chi connectivity index (χ2n) is 5.96. The van der Waals surface area contributed by atoms with Crippen LogP contribution in [0.1, 0.15) is 25.8 Å². The van der Waals surface area contributed by atoms with E-state index in [-0.39, 0.29) is 5.82 Å². The average Bonchev–Trinajstić information content (AvgIpc) is 2.36. The summed E-state index contributed by atoms with van der Waals surface area (Å²) in [5, 5.41) is 3.59. The highest BCUT2D eigenvalue weighted by atomic mass is 19.1. The van der Waals surface area contributed by atoms with Gasteiger partial charge in [0.1, 0.15) is 5.82 Å². The highest BCUT2D eigenvalue weighted by molar-refractivity contribution is 5.16. The van der Waals surface area contributed by atoms with Crippen molar-refractivity contribution >= 4 is 0 Å². The molecule has 19 heavy (non-hydrogen) atoms. The lowest BCUT2D eigenvalue weighted by Crippen LogP contribution is -2.51. The summed E-state index contributed by atoms with van der Waals surface area (Å²) in [6.07, 6.45) is 2.17. The van der Waals surface area contributed by atoms with E-state index >= 15 is 0 Å². The first-order valence-corrected chi connectivity index (χ1v) is 7.33. The van der Waals surface area contributed by atoms with Gasteiger partial charge < -0.3 is 10.2 Å². The molecule has 0 bridgehead atoms. The molecular formula is C16H25FN2. The van der Waals surface area contributed by atoms with Crippen molar-refractivity contribution in [2.24, 2.45) is 5.92 Å². The Hall–Kier alpha value is -0.930. The van der Waals surface area contributed by atoms with Gasteiger partial charge in [0.25, 0.3) is 0 Å². The molecule has 0 radical (unpaired) electrons. The predicted molar refractivity (Wildman–Crippen MR) is 77.8 cm³/mol. The molecule has 0 aliphatic carbocycles. The summed E-state index contributed by atoms with van der Waals surface area (Å²) in [5.41, 5.74) is 1.10. The zero-order valence-corrected chi connectivity index (χ0v) is 12.0. The van der Waals surface area contributed by atoms with Crippen LogP contribution in [0, 0.1) is 11.7 Å². The normalized spacial score (nSPS) is 20.9.